The smallest absolute Gasteiger partial charge is 0.379 e. The molecule has 160 valence electrons. The molecule has 0 aliphatic rings. The largest absolute Gasteiger partial charge is 0.416 e. The van der Waals surface area contributed by atoms with Gasteiger partial charge in [0.25, 0.3) is 11.6 Å². The zero-order chi connectivity index (χ0) is 22.5. The van der Waals surface area contributed by atoms with Crippen molar-refractivity contribution in [2.75, 3.05) is 24.2 Å². The molecule has 0 aliphatic heterocycles. The highest BCUT2D eigenvalue weighted by Gasteiger charge is 2.33. The molecule has 2 amide bonds. The molecule has 0 spiro atoms. The molecule has 0 bridgehead atoms. The van der Waals surface area contributed by atoms with Crippen molar-refractivity contribution in [1.29, 1.82) is 0 Å². The molecule has 2 aromatic carbocycles. The minimum Gasteiger partial charge on any atom is -0.379 e. The van der Waals surface area contributed by atoms with Gasteiger partial charge in [0.2, 0.25) is 5.91 Å². The predicted octanol–water partition coefficient (Wildman–Crippen LogP) is 4.07. The van der Waals surface area contributed by atoms with Crippen LogP contribution in [0.5, 0.6) is 0 Å². The van der Waals surface area contributed by atoms with Gasteiger partial charge in [0.05, 0.1) is 21.1 Å². The fourth-order valence-corrected chi connectivity index (χ4v) is 2.66. The summed E-state index contributed by atoms with van der Waals surface area (Å²) in [6, 6.07) is 6.38. The Balaban J connectivity index is 2.01. The number of nitro benzene ring substituents is 1. The van der Waals surface area contributed by atoms with E-state index in [4.69, 9.17) is 11.6 Å². The Labute approximate surface area is 173 Å². The SMILES string of the molecule is CNC(=O)c1cc(NC(=O)CCNc2ccc(C(F)(F)F)cc2[N+](=O)[O-])ccc1Cl. The van der Waals surface area contributed by atoms with Gasteiger partial charge in [0, 0.05) is 31.8 Å². The number of alkyl halides is 3. The number of hydrogen-bond donors (Lipinski definition) is 3. The van der Waals surface area contributed by atoms with Gasteiger partial charge in [-0.05, 0) is 30.3 Å². The molecule has 0 saturated carbocycles. The van der Waals surface area contributed by atoms with Crippen LogP contribution in [0.1, 0.15) is 22.3 Å². The van der Waals surface area contributed by atoms with Gasteiger partial charge in [-0.1, -0.05) is 11.6 Å². The van der Waals surface area contributed by atoms with Crippen LogP contribution in [0.2, 0.25) is 5.02 Å². The number of nitrogens with zero attached hydrogens (tertiary/aromatic N) is 1. The number of rotatable bonds is 7. The molecule has 0 fully saturated rings. The Hall–Kier alpha value is -3.34. The van der Waals surface area contributed by atoms with Crippen LogP contribution in [-0.2, 0) is 11.0 Å². The van der Waals surface area contributed by atoms with E-state index in [0.29, 0.717) is 17.8 Å². The predicted molar refractivity (Wildman–Crippen MR) is 105 cm³/mol. The van der Waals surface area contributed by atoms with Gasteiger partial charge in [0.15, 0.2) is 0 Å². The summed E-state index contributed by atoms with van der Waals surface area (Å²) in [5.74, 6) is -0.922. The van der Waals surface area contributed by atoms with Crippen LogP contribution < -0.4 is 16.0 Å². The number of nitrogens with one attached hydrogen (secondary N) is 3. The normalized spacial score (nSPS) is 11.0. The zero-order valence-corrected chi connectivity index (χ0v) is 16.2. The molecular formula is C18H16ClF3N4O4. The molecule has 8 nitrogen and oxygen atoms in total. The second kappa shape index (κ2) is 9.44. The molecule has 2 aromatic rings. The maximum atomic E-state index is 12.7. The maximum Gasteiger partial charge on any atom is 0.416 e. The third-order valence-electron chi connectivity index (χ3n) is 3.91. The fourth-order valence-electron chi connectivity index (χ4n) is 2.45. The van der Waals surface area contributed by atoms with Gasteiger partial charge in [-0.15, -0.1) is 0 Å². The van der Waals surface area contributed by atoms with Crippen molar-refractivity contribution in [3.63, 3.8) is 0 Å². The van der Waals surface area contributed by atoms with E-state index in [1.165, 1.54) is 25.2 Å². The van der Waals surface area contributed by atoms with E-state index < -0.39 is 34.2 Å². The maximum absolute atomic E-state index is 12.7. The molecule has 3 N–H and O–H groups in total. The average Bonchev–Trinajstić information content (AvgIpc) is 2.68. The van der Waals surface area contributed by atoms with Gasteiger partial charge < -0.3 is 16.0 Å². The van der Waals surface area contributed by atoms with Crippen LogP contribution in [0.4, 0.5) is 30.2 Å². The minimum atomic E-state index is -4.71. The molecule has 0 unspecified atom stereocenters. The molecule has 0 radical (unpaired) electrons. The van der Waals surface area contributed by atoms with Crippen LogP contribution >= 0.6 is 11.6 Å². The summed E-state index contributed by atoms with van der Waals surface area (Å²) >= 11 is 5.93. The molecule has 30 heavy (non-hydrogen) atoms. The van der Waals surface area contributed by atoms with E-state index in [1.807, 2.05) is 0 Å². The van der Waals surface area contributed by atoms with E-state index in [1.54, 1.807) is 0 Å². The lowest BCUT2D eigenvalue weighted by atomic mass is 10.1. The van der Waals surface area contributed by atoms with E-state index in [2.05, 4.69) is 16.0 Å². The van der Waals surface area contributed by atoms with E-state index >= 15 is 0 Å². The monoisotopic (exact) mass is 444 g/mol. The van der Waals surface area contributed by atoms with Gasteiger partial charge in [-0.2, -0.15) is 13.2 Å². The first kappa shape index (κ1) is 22.9. The van der Waals surface area contributed by atoms with Crippen molar-refractivity contribution in [2.24, 2.45) is 0 Å². The van der Waals surface area contributed by atoms with E-state index in [0.717, 1.165) is 6.07 Å². The summed E-state index contributed by atoms with van der Waals surface area (Å²) in [6.07, 6.45) is -4.86. The summed E-state index contributed by atoms with van der Waals surface area (Å²) in [4.78, 5) is 33.9. The number of benzene rings is 2. The number of halogens is 4. The summed E-state index contributed by atoms with van der Waals surface area (Å²) in [5, 5.41) is 18.8. The Morgan fingerprint density at radius 2 is 1.87 bits per heavy atom. The highest BCUT2D eigenvalue weighted by atomic mass is 35.5. The van der Waals surface area contributed by atoms with Crippen molar-refractivity contribution in [1.82, 2.24) is 5.32 Å². The second-order valence-electron chi connectivity index (χ2n) is 5.99. The van der Waals surface area contributed by atoms with Gasteiger partial charge in [-0.3, -0.25) is 19.7 Å². The standard InChI is InChI=1S/C18H16ClF3N4O4/c1-23-17(28)12-9-11(3-4-13(12)19)25-16(27)6-7-24-14-5-2-10(18(20,21)22)8-15(14)26(29)30/h2-5,8-9,24H,6-7H2,1H3,(H,23,28)(H,25,27). The lowest BCUT2D eigenvalue weighted by Crippen LogP contribution is -2.20. The molecule has 0 heterocycles. The van der Waals surface area contributed by atoms with Crippen molar-refractivity contribution in [3.8, 4) is 0 Å². The lowest BCUT2D eigenvalue weighted by molar-refractivity contribution is -0.384. The molecule has 0 aliphatic carbocycles. The summed E-state index contributed by atoms with van der Waals surface area (Å²) < 4.78 is 38.2. The van der Waals surface area contributed by atoms with Crippen LogP contribution in [-0.4, -0.2) is 30.3 Å². The summed E-state index contributed by atoms with van der Waals surface area (Å²) in [5.41, 5.74) is -1.57. The Bertz CT molecular complexity index is 982. The van der Waals surface area contributed by atoms with Crippen molar-refractivity contribution < 1.29 is 27.7 Å². The van der Waals surface area contributed by atoms with Gasteiger partial charge in [-0.25, -0.2) is 0 Å². The Morgan fingerprint density at radius 1 is 1.17 bits per heavy atom. The molecule has 0 atom stereocenters. The first-order chi connectivity index (χ1) is 14.0. The van der Waals surface area contributed by atoms with E-state index in [9.17, 15) is 32.9 Å². The fraction of sp³-hybridized carbons (Fsp3) is 0.222. The minimum absolute atomic E-state index is 0.0755. The lowest BCUT2D eigenvalue weighted by Gasteiger charge is -2.11. The number of nitro groups is 1. The van der Waals surface area contributed by atoms with Gasteiger partial charge >= 0.3 is 6.18 Å². The van der Waals surface area contributed by atoms with Crippen molar-refractivity contribution in [2.45, 2.75) is 12.6 Å². The molecule has 0 aromatic heterocycles. The van der Waals surface area contributed by atoms with E-state index in [-0.39, 0.29) is 29.2 Å². The summed E-state index contributed by atoms with van der Waals surface area (Å²) in [6.45, 7) is -0.0755. The van der Waals surface area contributed by atoms with Crippen LogP contribution in [0.3, 0.4) is 0 Å². The molecule has 0 saturated heterocycles. The van der Waals surface area contributed by atoms with Crippen LogP contribution in [0, 0.1) is 10.1 Å². The van der Waals surface area contributed by atoms with Crippen LogP contribution in [0.25, 0.3) is 0 Å². The highest BCUT2D eigenvalue weighted by Crippen LogP contribution is 2.34. The number of amides is 2. The third kappa shape index (κ3) is 5.83. The molecule has 2 rings (SSSR count). The third-order valence-corrected chi connectivity index (χ3v) is 4.24. The topological polar surface area (TPSA) is 113 Å². The first-order valence-corrected chi connectivity index (χ1v) is 8.81. The van der Waals surface area contributed by atoms with Gasteiger partial charge in [0.1, 0.15) is 5.69 Å². The molecular weight excluding hydrogens is 429 g/mol. The number of carbonyl (C=O) groups excluding carboxylic acids is 2. The highest BCUT2D eigenvalue weighted by molar-refractivity contribution is 6.34. The second-order valence-corrected chi connectivity index (χ2v) is 6.39. The number of anilines is 2. The Morgan fingerprint density at radius 3 is 2.47 bits per heavy atom. The van der Waals surface area contributed by atoms with Crippen molar-refractivity contribution in [3.05, 3.63) is 62.7 Å². The van der Waals surface area contributed by atoms with Crippen LogP contribution in [0.15, 0.2) is 36.4 Å². The Kier molecular flexibility index (Phi) is 7.22. The molecule has 12 heteroatoms. The number of hydrogen-bond acceptors (Lipinski definition) is 5. The quantitative estimate of drug-likeness (QED) is 0.440. The first-order valence-electron chi connectivity index (χ1n) is 8.44. The average molecular weight is 445 g/mol. The summed E-state index contributed by atoms with van der Waals surface area (Å²) in [7, 11) is 1.43. The van der Waals surface area contributed by atoms with Crippen molar-refractivity contribution >= 4 is 40.5 Å². The zero-order valence-electron chi connectivity index (χ0n) is 15.5. The number of carbonyl (C=O) groups is 2.